The Kier molecular flexibility index (Phi) is 1.64. The van der Waals surface area contributed by atoms with E-state index in [0.29, 0.717) is 24.7 Å². The number of hydrogen-bond donors (Lipinski definition) is 1. The molecule has 0 radical (unpaired) electrons. The summed E-state index contributed by atoms with van der Waals surface area (Å²) in [5.74, 6) is 0.633. The van der Waals surface area contributed by atoms with Gasteiger partial charge in [-0.2, -0.15) is 0 Å². The lowest BCUT2D eigenvalue weighted by Gasteiger charge is -2.08. The fraction of sp³-hybridized carbons (Fsp3) is 1.00. The molecule has 3 atom stereocenters. The molecule has 58 valence electrons. The zero-order valence-corrected chi connectivity index (χ0v) is 5.95. The Morgan fingerprint density at radius 2 is 2.30 bits per heavy atom. The molecular formula is C7H13NO2. The van der Waals surface area contributed by atoms with Crippen LogP contribution < -0.4 is 5.73 Å². The van der Waals surface area contributed by atoms with E-state index < -0.39 is 0 Å². The topological polar surface area (TPSA) is 44.5 Å². The lowest BCUT2D eigenvalue weighted by atomic mass is 10.0. The molecule has 0 aromatic carbocycles. The summed E-state index contributed by atoms with van der Waals surface area (Å²) in [5, 5.41) is 0. The van der Waals surface area contributed by atoms with Crippen LogP contribution in [0.15, 0.2) is 0 Å². The van der Waals surface area contributed by atoms with Gasteiger partial charge in [0.2, 0.25) is 0 Å². The van der Waals surface area contributed by atoms with Gasteiger partial charge in [0.25, 0.3) is 0 Å². The van der Waals surface area contributed by atoms with Gasteiger partial charge in [0.05, 0.1) is 25.4 Å². The molecule has 0 amide bonds. The first kappa shape index (κ1) is 6.58. The van der Waals surface area contributed by atoms with Gasteiger partial charge < -0.3 is 15.2 Å². The van der Waals surface area contributed by atoms with Crippen molar-refractivity contribution < 1.29 is 9.47 Å². The smallest absolute Gasteiger partial charge is 0.0863 e. The molecule has 2 saturated heterocycles. The summed E-state index contributed by atoms with van der Waals surface area (Å²) in [5.41, 5.74) is 5.47. The molecule has 0 saturated carbocycles. The number of fused-ring (bicyclic) bond motifs is 1. The van der Waals surface area contributed by atoms with Crippen molar-refractivity contribution in [2.75, 3.05) is 19.8 Å². The highest BCUT2D eigenvalue weighted by atomic mass is 16.6. The molecular weight excluding hydrogens is 130 g/mol. The molecule has 0 bridgehead atoms. The van der Waals surface area contributed by atoms with Crippen molar-refractivity contribution in [1.29, 1.82) is 0 Å². The molecule has 2 aliphatic heterocycles. The quantitative estimate of drug-likeness (QED) is 0.550. The second-order valence-corrected chi connectivity index (χ2v) is 3.07. The molecule has 2 heterocycles. The average Bonchev–Trinajstić information content (AvgIpc) is 2.42. The maximum Gasteiger partial charge on any atom is 0.0863 e. The standard InChI is InChI=1S/C7H13NO2/c8-2-6-1-5-3-9-4-7(5)10-6/h5-7H,1-4,8H2/t5-,6?,7-/m1/s1. The third kappa shape index (κ3) is 0.944. The minimum atomic E-state index is 0.305. The van der Waals surface area contributed by atoms with E-state index in [1.807, 2.05) is 0 Å². The van der Waals surface area contributed by atoms with E-state index in [0.717, 1.165) is 19.6 Å². The monoisotopic (exact) mass is 143 g/mol. The number of rotatable bonds is 1. The molecule has 2 N–H and O–H groups in total. The summed E-state index contributed by atoms with van der Waals surface area (Å²) in [7, 11) is 0. The summed E-state index contributed by atoms with van der Waals surface area (Å²) in [6.45, 7) is 2.31. The molecule has 0 aromatic heterocycles. The first-order valence-corrected chi connectivity index (χ1v) is 3.83. The van der Waals surface area contributed by atoms with Gasteiger partial charge in [-0.25, -0.2) is 0 Å². The van der Waals surface area contributed by atoms with Gasteiger partial charge in [-0.1, -0.05) is 0 Å². The lowest BCUT2D eigenvalue weighted by Crippen LogP contribution is -2.21. The second kappa shape index (κ2) is 2.49. The Bertz CT molecular complexity index is 117. The van der Waals surface area contributed by atoms with Crippen LogP contribution in [0.3, 0.4) is 0 Å². The predicted octanol–water partition coefficient (Wildman–Crippen LogP) is -0.251. The predicted molar refractivity (Wildman–Crippen MR) is 36.6 cm³/mol. The van der Waals surface area contributed by atoms with Crippen molar-refractivity contribution in [1.82, 2.24) is 0 Å². The lowest BCUT2D eigenvalue weighted by molar-refractivity contribution is 0.0242. The fourth-order valence-corrected chi connectivity index (χ4v) is 1.74. The summed E-state index contributed by atoms with van der Waals surface area (Å²) in [6.07, 6.45) is 1.76. The van der Waals surface area contributed by atoms with Crippen LogP contribution in [-0.2, 0) is 9.47 Å². The van der Waals surface area contributed by atoms with Crippen LogP contribution in [0, 0.1) is 5.92 Å². The van der Waals surface area contributed by atoms with E-state index in [4.69, 9.17) is 15.2 Å². The molecule has 2 rings (SSSR count). The van der Waals surface area contributed by atoms with E-state index in [1.54, 1.807) is 0 Å². The number of hydrogen-bond acceptors (Lipinski definition) is 3. The van der Waals surface area contributed by atoms with Gasteiger partial charge in [0.1, 0.15) is 0 Å². The van der Waals surface area contributed by atoms with Gasteiger partial charge in [-0.15, -0.1) is 0 Å². The minimum absolute atomic E-state index is 0.305. The molecule has 10 heavy (non-hydrogen) atoms. The van der Waals surface area contributed by atoms with Crippen molar-refractivity contribution in [2.24, 2.45) is 11.7 Å². The Morgan fingerprint density at radius 3 is 3.00 bits per heavy atom. The van der Waals surface area contributed by atoms with Gasteiger partial charge in [-0.05, 0) is 6.42 Å². The van der Waals surface area contributed by atoms with Gasteiger partial charge in [-0.3, -0.25) is 0 Å². The van der Waals surface area contributed by atoms with E-state index in [2.05, 4.69) is 0 Å². The van der Waals surface area contributed by atoms with Crippen LogP contribution in [-0.4, -0.2) is 32.0 Å². The third-order valence-electron chi connectivity index (χ3n) is 2.34. The highest BCUT2D eigenvalue weighted by molar-refractivity contribution is 4.86. The van der Waals surface area contributed by atoms with E-state index in [-0.39, 0.29) is 0 Å². The van der Waals surface area contributed by atoms with Crippen molar-refractivity contribution >= 4 is 0 Å². The second-order valence-electron chi connectivity index (χ2n) is 3.07. The first-order chi connectivity index (χ1) is 4.90. The van der Waals surface area contributed by atoms with E-state index in [9.17, 15) is 0 Å². The molecule has 2 fully saturated rings. The normalized spacial score (nSPS) is 45.9. The maximum absolute atomic E-state index is 5.58. The zero-order valence-electron chi connectivity index (χ0n) is 5.95. The minimum Gasteiger partial charge on any atom is -0.378 e. The molecule has 3 heteroatoms. The highest BCUT2D eigenvalue weighted by Crippen LogP contribution is 2.30. The Balaban J connectivity index is 1.94. The first-order valence-electron chi connectivity index (χ1n) is 3.83. The summed E-state index contributed by atoms with van der Waals surface area (Å²) in [4.78, 5) is 0. The zero-order chi connectivity index (χ0) is 6.97. The van der Waals surface area contributed by atoms with Crippen LogP contribution in [0.4, 0.5) is 0 Å². The van der Waals surface area contributed by atoms with Crippen molar-refractivity contribution in [2.45, 2.75) is 18.6 Å². The summed E-state index contributed by atoms with van der Waals surface area (Å²) in [6, 6.07) is 0. The largest absolute Gasteiger partial charge is 0.378 e. The summed E-state index contributed by atoms with van der Waals surface area (Å²) < 4.78 is 10.8. The van der Waals surface area contributed by atoms with Crippen LogP contribution in [0.1, 0.15) is 6.42 Å². The highest BCUT2D eigenvalue weighted by Gasteiger charge is 2.38. The van der Waals surface area contributed by atoms with Gasteiger partial charge in [0, 0.05) is 12.5 Å². The number of ether oxygens (including phenoxy) is 2. The van der Waals surface area contributed by atoms with E-state index >= 15 is 0 Å². The molecule has 1 unspecified atom stereocenters. The number of nitrogens with two attached hydrogens (primary N) is 1. The van der Waals surface area contributed by atoms with E-state index in [1.165, 1.54) is 0 Å². The van der Waals surface area contributed by atoms with Crippen molar-refractivity contribution in [3.8, 4) is 0 Å². The Hall–Kier alpha value is -0.120. The molecule has 0 aromatic rings. The van der Waals surface area contributed by atoms with Gasteiger partial charge >= 0.3 is 0 Å². The van der Waals surface area contributed by atoms with Crippen LogP contribution >= 0.6 is 0 Å². The Labute approximate surface area is 60.5 Å². The van der Waals surface area contributed by atoms with Crippen molar-refractivity contribution in [3.63, 3.8) is 0 Å². The van der Waals surface area contributed by atoms with Crippen LogP contribution in [0.25, 0.3) is 0 Å². The SMILES string of the molecule is NCC1C[C@@H]2COC[C@H]2O1. The Morgan fingerprint density at radius 1 is 1.40 bits per heavy atom. The molecule has 0 aliphatic carbocycles. The molecule has 3 nitrogen and oxygen atoms in total. The van der Waals surface area contributed by atoms with Gasteiger partial charge in [0.15, 0.2) is 0 Å². The fourth-order valence-electron chi connectivity index (χ4n) is 1.74. The maximum atomic E-state index is 5.58. The molecule has 0 spiro atoms. The third-order valence-corrected chi connectivity index (χ3v) is 2.34. The van der Waals surface area contributed by atoms with Crippen molar-refractivity contribution in [3.05, 3.63) is 0 Å². The average molecular weight is 143 g/mol. The van der Waals surface area contributed by atoms with Crippen LogP contribution in [0.5, 0.6) is 0 Å². The molecule has 2 aliphatic rings. The summed E-state index contributed by atoms with van der Waals surface area (Å²) >= 11 is 0. The van der Waals surface area contributed by atoms with Crippen LogP contribution in [0.2, 0.25) is 0 Å².